The molecule has 0 aliphatic carbocycles. The van der Waals surface area contributed by atoms with E-state index in [4.69, 9.17) is 4.74 Å². The zero-order valence-corrected chi connectivity index (χ0v) is 16.7. The summed E-state index contributed by atoms with van der Waals surface area (Å²) in [5.41, 5.74) is 3.79. The Labute approximate surface area is 171 Å². The van der Waals surface area contributed by atoms with Crippen molar-refractivity contribution < 1.29 is 14.3 Å². The molecule has 0 heterocycles. The third kappa shape index (κ3) is 5.79. The molecule has 0 aliphatic rings. The fourth-order valence-corrected chi connectivity index (χ4v) is 3.23. The highest BCUT2D eigenvalue weighted by atomic mass is 16.5. The third-order valence-corrected chi connectivity index (χ3v) is 4.68. The summed E-state index contributed by atoms with van der Waals surface area (Å²) in [7, 11) is 0. The molecule has 4 nitrogen and oxygen atoms in total. The van der Waals surface area contributed by atoms with Crippen molar-refractivity contribution in [3.05, 3.63) is 107 Å². The van der Waals surface area contributed by atoms with E-state index >= 15 is 0 Å². The van der Waals surface area contributed by atoms with Gasteiger partial charge in [0.2, 0.25) is 5.91 Å². The maximum atomic E-state index is 12.9. The quantitative estimate of drug-likeness (QED) is 0.587. The highest BCUT2D eigenvalue weighted by Crippen LogP contribution is 2.28. The van der Waals surface area contributed by atoms with Gasteiger partial charge in [-0.15, -0.1) is 0 Å². The number of carbonyl (C=O) groups excluding carboxylic acids is 2. The van der Waals surface area contributed by atoms with Crippen LogP contribution in [0.5, 0.6) is 0 Å². The predicted molar refractivity (Wildman–Crippen MR) is 113 cm³/mol. The molecule has 1 amide bonds. The minimum Gasteiger partial charge on any atom is -0.452 e. The van der Waals surface area contributed by atoms with Crippen LogP contribution in [0.15, 0.2) is 84.9 Å². The zero-order chi connectivity index (χ0) is 20.6. The lowest BCUT2D eigenvalue weighted by Gasteiger charge is -2.22. The van der Waals surface area contributed by atoms with Gasteiger partial charge in [-0.1, -0.05) is 90.5 Å². The van der Waals surface area contributed by atoms with Crippen LogP contribution in [0.4, 0.5) is 0 Å². The van der Waals surface area contributed by atoms with E-state index in [1.165, 1.54) is 6.92 Å². The Balaban J connectivity index is 1.80. The van der Waals surface area contributed by atoms with Gasteiger partial charge in [0.15, 0.2) is 6.10 Å². The van der Waals surface area contributed by atoms with E-state index < -0.39 is 12.1 Å². The van der Waals surface area contributed by atoms with Gasteiger partial charge in [-0.05, 0) is 23.6 Å². The van der Waals surface area contributed by atoms with Crippen LogP contribution in [-0.4, -0.2) is 11.9 Å². The number of benzene rings is 3. The van der Waals surface area contributed by atoms with E-state index in [1.54, 1.807) is 0 Å². The molecule has 4 heteroatoms. The van der Waals surface area contributed by atoms with Gasteiger partial charge in [0.25, 0.3) is 0 Å². The summed E-state index contributed by atoms with van der Waals surface area (Å²) in [6.07, 6.45) is -0.445. The van der Waals surface area contributed by atoms with E-state index in [1.807, 2.05) is 91.9 Å². The fourth-order valence-electron chi connectivity index (χ4n) is 3.23. The number of hydrogen-bond donors (Lipinski definition) is 1. The number of carbonyl (C=O) groups is 2. The second kappa shape index (κ2) is 9.69. The van der Waals surface area contributed by atoms with E-state index in [0.29, 0.717) is 0 Å². The summed E-state index contributed by atoms with van der Waals surface area (Å²) in [5.74, 6) is -0.562. The van der Waals surface area contributed by atoms with Gasteiger partial charge in [0, 0.05) is 6.92 Å². The van der Waals surface area contributed by atoms with Crippen LogP contribution >= 0.6 is 0 Å². The molecule has 1 unspecified atom stereocenters. The molecule has 1 atom stereocenters. The average molecular weight is 387 g/mol. The molecule has 0 saturated carbocycles. The lowest BCUT2D eigenvalue weighted by molar-refractivity contribution is -0.148. The normalized spacial score (nSPS) is 11.7. The van der Waals surface area contributed by atoms with E-state index in [9.17, 15) is 9.59 Å². The minimum atomic E-state index is -0.499. The van der Waals surface area contributed by atoms with Gasteiger partial charge in [-0.25, -0.2) is 0 Å². The molecule has 0 aromatic heterocycles. The summed E-state index contributed by atoms with van der Waals surface area (Å²) < 4.78 is 5.89. The molecule has 148 valence electrons. The number of aryl methyl sites for hydroxylation is 1. The summed E-state index contributed by atoms with van der Waals surface area (Å²) in [5, 5.41) is 2.86. The molecule has 0 bridgehead atoms. The van der Waals surface area contributed by atoms with Crippen LogP contribution in [0.25, 0.3) is 0 Å². The van der Waals surface area contributed by atoms with Crippen LogP contribution < -0.4 is 5.32 Å². The summed E-state index contributed by atoms with van der Waals surface area (Å²) in [4.78, 5) is 24.5. The van der Waals surface area contributed by atoms with E-state index in [2.05, 4.69) is 5.32 Å². The first-order valence-electron chi connectivity index (χ1n) is 9.66. The first-order valence-corrected chi connectivity index (χ1v) is 9.66. The second-order valence-corrected chi connectivity index (χ2v) is 7.06. The summed E-state index contributed by atoms with van der Waals surface area (Å²) in [6, 6.07) is 26.7. The Morgan fingerprint density at radius 3 is 1.79 bits per heavy atom. The van der Waals surface area contributed by atoms with Gasteiger partial charge < -0.3 is 10.1 Å². The number of nitrogens with one attached hydrogen (secondary N) is 1. The van der Waals surface area contributed by atoms with Crippen molar-refractivity contribution >= 4 is 11.9 Å². The third-order valence-electron chi connectivity index (χ3n) is 4.68. The molecular weight excluding hydrogens is 362 g/mol. The van der Waals surface area contributed by atoms with Gasteiger partial charge in [0.1, 0.15) is 0 Å². The number of amides is 1. The standard InChI is InChI=1S/C25H25NO3/c1-18-13-15-20(16-14-18)23(26-19(2)27)17-24(28)29-25(21-9-5-3-6-10-21)22-11-7-4-8-12-22/h3-16,23,25H,17H2,1-2H3,(H,26,27). The Morgan fingerprint density at radius 1 is 0.793 bits per heavy atom. The van der Waals surface area contributed by atoms with E-state index in [-0.39, 0.29) is 18.3 Å². The van der Waals surface area contributed by atoms with Crippen molar-refractivity contribution in [2.75, 3.05) is 0 Å². The molecule has 0 fully saturated rings. The molecule has 3 rings (SSSR count). The molecule has 3 aromatic carbocycles. The van der Waals surface area contributed by atoms with Gasteiger partial charge >= 0.3 is 5.97 Å². The Kier molecular flexibility index (Phi) is 6.80. The zero-order valence-electron chi connectivity index (χ0n) is 16.7. The monoisotopic (exact) mass is 387 g/mol. The molecule has 0 aliphatic heterocycles. The van der Waals surface area contributed by atoms with E-state index in [0.717, 1.165) is 22.3 Å². The molecule has 0 radical (unpaired) electrons. The maximum Gasteiger partial charge on any atom is 0.309 e. The number of ether oxygens (including phenoxy) is 1. The molecular formula is C25H25NO3. The van der Waals surface area contributed by atoms with Crippen LogP contribution in [0.3, 0.4) is 0 Å². The van der Waals surface area contributed by atoms with Crippen LogP contribution in [0.1, 0.15) is 47.7 Å². The average Bonchev–Trinajstić information content (AvgIpc) is 2.73. The fraction of sp³-hybridized carbons (Fsp3) is 0.200. The first kappa shape index (κ1) is 20.3. The summed E-state index contributed by atoms with van der Waals surface area (Å²) in [6.45, 7) is 3.44. The van der Waals surface area contributed by atoms with Gasteiger partial charge in [-0.3, -0.25) is 9.59 Å². The smallest absolute Gasteiger partial charge is 0.309 e. The van der Waals surface area contributed by atoms with Crippen LogP contribution in [-0.2, 0) is 14.3 Å². The molecule has 1 N–H and O–H groups in total. The number of esters is 1. The SMILES string of the molecule is CC(=O)NC(CC(=O)OC(c1ccccc1)c1ccccc1)c1ccc(C)cc1. The Hall–Kier alpha value is -3.40. The second-order valence-electron chi connectivity index (χ2n) is 7.06. The van der Waals surface area contributed by atoms with Gasteiger partial charge in [-0.2, -0.15) is 0 Å². The van der Waals surface area contributed by atoms with Crippen molar-refractivity contribution in [3.63, 3.8) is 0 Å². The van der Waals surface area contributed by atoms with Crippen molar-refractivity contribution in [1.29, 1.82) is 0 Å². The lowest BCUT2D eigenvalue weighted by Crippen LogP contribution is -2.29. The molecule has 3 aromatic rings. The Morgan fingerprint density at radius 2 is 1.31 bits per heavy atom. The topological polar surface area (TPSA) is 55.4 Å². The number of hydrogen-bond acceptors (Lipinski definition) is 3. The van der Waals surface area contributed by atoms with Crippen molar-refractivity contribution in [1.82, 2.24) is 5.32 Å². The van der Waals surface area contributed by atoms with Crippen molar-refractivity contribution in [3.8, 4) is 0 Å². The highest BCUT2D eigenvalue weighted by Gasteiger charge is 2.23. The van der Waals surface area contributed by atoms with Gasteiger partial charge in [0.05, 0.1) is 12.5 Å². The largest absolute Gasteiger partial charge is 0.452 e. The molecule has 0 spiro atoms. The molecule has 0 saturated heterocycles. The van der Waals surface area contributed by atoms with Crippen LogP contribution in [0.2, 0.25) is 0 Å². The predicted octanol–water partition coefficient (Wildman–Crippen LogP) is 4.90. The summed E-state index contributed by atoms with van der Waals surface area (Å²) >= 11 is 0. The molecule has 29 heavy (non-hydrogen) atoms. The van der Waals surface area contributed by atoms with Crippen molar-refractivity contribution in [2.24, 2.45) is 0 Å². The maximum absolute atomic E-state index is 12.9. The van der Waals surface area contributed by atoms with Crippen LogP contribution in [0, 0.1) is 6.92 Å². The first-order chi connectivity index (χ1) is 14.0. The lowest BCUT2D eigenvalue weighted by atomic mass is 10.0. The highest BCUT2D eigenvalue weighted by molar-refractivity contribution is 5.76. The minimum absolute atomic E-state index is 0.0544. The number of rotatable bonds is 7. The Bertz CT molecular complexity index is 897. The van der Waals surface area contributed by atoms with Crippen molar-refractivity contribution in [2.45, 2.75) is 32.4 Å².